The van der Waals surface area contributed by atoms with Gasteiger partial charge in [0.15, 0.2) is 0 Å². The molecule has 4 aromatic carbocycles. The van der Waals surface area contributed by atoms with Crippen molar-refractivity contribution in [3.05, 3.63) is 107 Å². The second-order valence-corrected chi connectivity index (χ2v) is 16.7. The number of aryl methyl sites for hydroxylation is 4. The van der Waals surface area contributed by atoms with Crippen LogP contribution in [0, 0.1) is 5.92 Å². The van der Waals surface area contributed by atoms with Gasteiger partial charge in [0.05, 0.1) is 0 Å². The highest BCUT2D eigenvalue weighted by Crippen LogP contribution is 2.52. The molecule has 3 nitrogen and oxygen atoms in total. The molecule has 3 aliphatic carbocycles. The van der Waals surface area contributed by atoms with Crippen molar-refractivity contribution < 1.29 is 8.39 Å². The molecule has 1 aromatic heterocycles. The second kappa shape index (κ2) is 12.5. The van der Waals surface area contributed by atoms with Gasteiger partial charge in [-0.1, -0.05) is 79.2 Å². The average molecular weight is 620 g/mol. The molecule has 0 radical (unpaired) electrons. The summed E-state index contributed by atoms with van der Waals surface area (Å²) in [6, 6.07) is 32.0. The maximum absolute atomic E-state index is 6.93. The van der Waals surface area contributed by atoms with Crippen LogP contribution in [0.25, 0.3) is 21.9 Å². The van der Waals surface area contributed by atoms with Gasteiger partial charge in [0.1, 0.15) is 11.2 Å². The second-order valence-electron chi connectivity index (χ2n) is 13.1. The predicted octanol–water partition coefficient (Wildman–Crippen LogP) is 10.3. The molecule has 1 heterocycles. The van der Waals surface area contributed by atoms with Gasteiger partial charge >= 0.3 is 8.16 Å². The topological polar surface area (TPSA) is 38.3 Å². The van der Waals surface area contributed by atoms with E-state index in [1.165, 1.54) is 101 Å². The Kier molecular flexibility index (Phi) is 8.14. The van der Waals surface area contributed by atoms with Crippen molar-refractivity contribution >= 4 is 48.6 Å². The van der Waals surface area contributed by atoms with Crippen LogP contribution in [-0.4, -0.2) is 11.7 Å². The van der Waals surface area contributed by atoms with Gasteiger partial charge in [-0.15, -0.1) is 0 Å². The Morgan fingerprint density at radius 1 is 0.636 bits per heavy atom. The summed E-state index contributed by atoms with van der Waals surface area (Å²) in [5.41, 5.74) is 8.70. The quantitative estimate of drug-likeness (QED) is 0.192. The van der Waals surface area contributed by atoms with E-state index in [2.05, 4.69) is 96.9 Å². The van der Waals surface area contributed by atoms with Gasteiger partial charge in [0, 0.05) is 16.8 Å². The molecule has 5 aromatic rings. The third-order valence-corrected chi connectivity index (χ3v) is 14.8. The van der Waals surface area contributed by atoms with E-state index >= 15 is 0 Å². The number of fused-ring (bicyclic) bond motifs is 7. The molecule has 0 spiro atoms. The van der Waals surface area contributed by atoms with Crippen molar-refractivity contribution in [2.24, 2.45) is 5.92 Å². The van der Waals surface area contributed by atoms with Crippen LogP contribution < -0.4 is 15.7 Å². The molecule has 8 rings (SSSR count). The molecule has 2 unspecified atom stereocenters. The molecule has 0 saturated heterocycles. The molecule has 1 saturated carbocycles. The Bertz CT molecular complexity index is 1700. The van der Waals surface area contributed by atoms with E-state index in [9.17, 15) is 0 Å². The number of hydrogen-bond acceptors (Lipinski definition) is 3. The van der Waals surface area contributed by atoms with E-state index in [1.54, 1.807) is 0 Å². The zero-order valence-electron chi connectivity index (χ0n) is 25.8. The summed E-state index contributed by atoms with van der Waals surface area (Å²) in [4.78, 5) is 0. The molecule has 3 aliphatic rings. The van der Waals surface area contributed by atoms with Crippen LogP contribution in [0.1, 0.15) is 74.1 Å². The Morgan fingerprint density at radius 3 is 1.70 bits per heavy atom. The number of nitrogens with one attached hydrogen (secondary N) is 1. The molecule has 1 N–H and O–H groups in total. The molecule has 3 atom stereocenters. The van der Waals surface area contributed by atoms with E-state index in [4.69, 9.17) is 8.39 Å². The first-order chi connectivity index (χ1) is 21.7. The Morgan fingerprint density at radius 2 is 1.16 bits per heavy atom. The van der Waals surface area contributed by atoms with Crippen LogP contribution >= 0.6 is 16.1 Å². The maximum atomic E-state index is 6.93. The lowest BCUT2D eigenvalue weighted by Crippen LogP contribution is -2.33. The molecular formula is C39H43NO2P2. The minimum atomic E-state index is -1.34. The maximum Gasteiger partial charge on any atom is 0.307 e. The van der Waals surface area contributed by atoms with Crippen LogP contribution in [0.5, 0.6) is 0 Å². The SMILES string of the molecule is CC(Np1oc2ccc3c(c2c2c4c(ccc2o1)CCCC4)CCCC3)[C@@H]1CCCC1P(c1ccccc1)c1ccccc1. The normalized spacial score (nSPS) is 20.5. The molecule has 5 heteroatoms. The Labute approximate surface area is 263 Å². The monoisotopic (exact) mass is 619 g/mol. The fraction of sp³-hybridized carbons (Fsp3) is 0.385. The van der Waals surface area contributed by atoms with E-state index < -0.39 is 16.1 Å². The molecule has 0 aliphatic heterocycles. The zero-order chi connectivity index (χ0) is 29.5. The molecule has 0 amide bonds. The summed E-state index contributed by atoms with van der Waals surface area (Å²) in [6.07, 6.45) is 13.5. The smallest absolute Gasteiger partial charge is 0.307 e. The van der Waals surface area contributed by atoms with Crippen LogP contribution in [0.4, 0.5) is 0 Å². The highest BCUT2D eigenvalue weighted by Gasteiger charge is 2.38. The van der Waals surface area contributed by atoms with Crippen LogP contribution in [0.3, 0.4) is 0 Å². The molecule has 1 fully saturated rings. The zero-order valence-corrected chi connectivity index (χ0v) is 27.6. The van der Waals surface area contributed by atoms with Gasteiger partial charge in [-0.25, -0.2) is 5.09 Å². The van der Waals surface area contributed by atoms with E-state index in [1.807, 2.05) is 0 Å². The lowest BCUT2D eigenvalue weighted by atomic mass is 9.84. The van der Waals surface area contributed by atoms with Crippen LogP contribution in [0.15, 0.2) is 93.3 Å². The first-order valence-corrected chi connectivity index (χ1v) is 19.4. The summed E-state index contributed by atoms with van der Waals surface area (Å²) in [5.74, 6) is 0.561. The molecule has 0 bridgehead atoms. The van der Waals surface area contributed by atoms with Crippen molar-refractivity contribution in [1.29, 1.82) is 0 Å². The lowest BCUT2D eigenvalue weighted by Gasteiger charge is -2.33. The van der Waals surface area contributed by atoms with Crippen LogP contribution in [0.2, 0.25) is 0 Å². The van der Waals surface area contributed by atoms with Gasteiger partial charge < -0.3 is 8.39 Å². The lowest BCUT2D eigenvalue weighted by molar-refractivity contribution is 0.489. The third-order valence-electron chi connectivity index (χ3n) is 10.5. The third kappa shape index (κ3) is 5.36. The highest BCUT2D eigenvalue weighted by atomic mass is 31.1. The van der Waals surface area contributed by atoms with Gasteiger partial charge in [-0.2, -0.15) is 0 Å². The first kappa shape index (κ1) is 28.6. The summed E-state index contributed by atoms with van der Waals surface area (Å²) in [6.45, 7) is 2.38. The summed E-state index contributed by atoms with van der Waals surface area (Å²) < 4.78 is 13.9. The fourth-order valence-corrected chi connectivity index (χ4v) is 13.0. The predicted molar refractivity (Wildman–Crippen MR) is 189 cm³/mol. The van der Waals surface area contributed by atoms with E-state index in [-0.39, 0.29) is 6.04 Å². The Hall–Kier alpha value is -2.83. The fourth-order valence-electron chi connectivity index (χ4n) is 8.41. The summed E-state index contributed by atoms with van der Waals surface area (Å²) in [5, 5.41) is 9.62. The standard InChI is InChI=1S/C39H43NO2P2/c1-27(32-21-12-22-37(32)43(30-15-4-2-5-16-30)31-17-6-3-7-18-31)40-44-41-35-25-23-28-13-8-10-19-33(28)38(35)39-34-20-11-9-14-29(34)24-26-36(39)42-44/h2-7,15-18,23-27,32,37,40H,8-14,19-22H2,1H3/t27?,32-,37?/m0/s1. The van der Waals surface area contributed by atoms with Crippen molar-refractivity contribution in [1.82, 2.24) is 0 Å². The van der Waals surface area contributed by atoms with Crippen molar-refractivity contribution in [2.45, 2.75) is 89.3 Å². The molecule has 226 valence electrons. The van der Waals surface area contributed by atoms with Gasteiger partial charge in [0.25, 0.3) is 0 Å². The summed E-state index contributed by atoms with van der Waals surface area (Å²) >= 11 is 0. The highest BCUT2D eigenvalue weighted by molar-refractivity contribution is 7.73. The van der Waals surface area contributed by atoms with E-state index in [0.717, 1.165) is 24.0 Å². The van der Waals surface area contributed by atoms with Crippen molar-refractivity contribution in [3.8, 4) is 0 Å². The molecule has 44 heavy (non-hydrogen) atoms. The minimum absolute atomic E-state index is 0.284. The van der Waals surface area contributed by atoms with Gasteiger partial charge in [-0.05, 0) is 136 Å². The number of rotatable bonds is 6. The van der Waals surface area contributed by atoms with Crippen molar-refractivity contribution in [2.75, 3.05) is 5.09 Å². The van der Waals surface area contributed by atoms with E-state index in [0.29, 0.717) is 11.6 Å². The minimum Gasteiger partial charge on any atom is -0.408 e. The van der Waals surface area contributed by atoms with Gasteiger partial charge in [-0.3, -0.25) is 0 Å². The van der Waals surface area contributed by atoms with Crippen LogP contribution in [-0.2, 0) is 25.7 Å². The number of benzene rings is 4. The van der Waals surface area contributed by atoms with Gasteiger partial charge in [0.2, 0.25) is 0 Å². The van der Waals surface area contributed by atoms with Crippen molar-refractivity contribution in [3.63, 3.8) is 0 Å². The largest absolute Gasteiger partial charge is 0.408 e. The number of hydrogen-bond donors (Lipinski definition) is 1. The summed E-state index contributed by atoms with van der Waals surface area (Å²) in [7, 11) is -1.81. The molecular weight excluding hydrogens is 576 g/mol. The first-order valence-electron chi connectivity index (χ1n) is 16.9. The Balaban J connectivity index is 1.21. The average Bonchev–Trinajstić information content (AvgIpc) is 3.49.